The van der Waals surface area contributed by atoms with Gasteiger partial charge in [0.1, 0.15) is 23.1 Å². The molecule has 3 aromatic carbocycles. The Balaban J connectivity index is 1.18. The van der Waals surface area contributed by atoms with E-state index in [9.17, 15) is 9.59 Å². The molecule has 0 spiro atoms. The van der Waals surface area contributed by atoms with Crippen molar-refractivity contribution < 1.29 is 19.1 Å². The highest BCUT2D eigenvalue weighted by Gasteiger charge is 2.22. The summed E-state index contributed by atoms with van der Waals surface area (Å²) in [5, 5.41) is 15.3. The lowest BCUT2D eigenvalue weighted by molar-refractivity contribution is -0.118. The van der Waals surface area contributed by atoms with E-state index in [1.807, 2.05) is 72.5 Å². The third-order valence-corrected chi connectivity index (χ3v) is 7.83. The molecule has 0 bridgehead atoms. The number of amides is 3. The molecule has 3 N–H and O–H groups in total. The number of nitrogens with one attached hydrogen (secondary N) is 3. The maximum Gasteiger partial charge on any atom is 0.324 e. The highest BCUT2D eigenvalue weighted by atomic mass is 16.5. The number of morpholine rings is 1. The first-order chi connectivity index (χ1) is 22.6. The van der Waals surface area contributed by atoms with Gasteiger partial charge in [0.15, 0.2) is 0 Å². The van der Waals surface area contributed by atoms with Gasteiger partial charge in [0.2, 0.25) is 5.91 Å². The number of nitrogens with zero attached hydrogens (tertiary/aromatic N) is 4. The predicted molar refractivity (Wildman–Crippen MR) is 184 cm³/mol. The topological polar surface area (TPSA) is 123 Å². The number of benzene rings is 3. The summed E-state index contributed by atoms with van der Waals surface area (Å²) in [6, 6.07) is 24.2. The van der Waals surface area contributed by atoms with Gasteiger partial charge in [0, 0.05) is 47.6 Å². The quantitative estimate of drug-likeness (QED) is 0.173. The van der Waals surface area contributed by atoms with Gasteiger partial charge in [0.05, 0.1) is 36.8 Å². The van der Waals surface area contributed by atoms with Gasteiger partial charge in [-0.15, -0.1) is 0 Å². The van der Waals surface area contributed by atoms with Gasteiger partial charge in [-0.2, -0.15) is 5.10 Å². The summed E-state index contributed by atoms with van der Waals surface area (Å²) in [7, 11) is 0. The average Bonchev–Trinajstić information content (AvgIpc) is 3.47. The number of aryl methyl sites for hydroxylation is 1. The van der Waals surface area contributed by atoms with E-state index in [0.29, 0.717) is 42.0 Å². The Morgan fingerprint density at radius 1 is 0.894 bits per heavy atom. The molecule has 5 aromatic rings. The summed E-state index contributed by atoms with van der Waals surface area (Å²) in [6.45, 7) is 11.3. The maximum absolute atomic E-state index is 13.4. The van der Waals surface area contributed by atoms with E-state index in [4.69, 9.17) is 14.6 Å². The van der Waals surface area contributed by atoms with Crippen LogP contribution in [0.5, 0.6) is 11.5 Å². The first-order valence-electron chi connectivity index (χ1n) is 15.6. The third kappa shape index (κ3) is 7.76. The number of anilines is 3. The molecule has 0 saturated carbocycles. The Labute approximate surface area is 273 Å². The summed E-state index contributed by atoms with van der Waals surface area (Å²) in [5.74, 6) is 1.93. The molecule has 6 rings (SSSR count). The molecule has 1 saturated heterocycles. The fourth-order valence-electron chi connectivity index (χ4n) is 5.27. The number of urea groups is 1. The van der Waals surface area contributed by atoms with Crippen LogP contribution in [0.25, 0.3) is 16.5 Å². The fraction of sp³-hybridized carbons (Fsp3) is 0.278. The minimum atomic E-state index is -0.399. The van der Waals surface area contributed by atoms with E-state index in [-0.39, 0.29) is 17.9 Å². The second kappa shape index (κ2) is 13.6. The molecule has 0 aliphatic carbocycles. The smallest absolute Gasteiger partial charge is 0.324 e. The predicted octanol–water partition coefficient (Wildman–Crippen LogP) is 6.73. The molecule has 1 aliphatic heterocycles. The first kappa shape index (κ1) is 31.7. The number of hydrogen-bond donors (Lipinski definition) is 3. The molecule has 0 radical (unpaired) electrons. The summed E-state index contributed by atoms with van der Waals surface area (Å²) >= 11 is 0. The van der Waals surface area contributed by atoms with Crippen molar-refractivity contribution in [2.24, 2.45) is 0 Å². The molecule has 11 heteroatoms. The number of rotatable bonds is 8. The number of carbonyl (C=O) groups excluding carboxylic acids is 2. The number of carbonyl (C=O) groups is 2. The van der Waals surface area contributed by atoms with E-state index < -0.39 is 6.03 Å². The Bertz CT molecular complexity index is 1890. The fourth-order valence-corrected chi connectivity index (χ4v) is 5.27. The van der Waals surface area contributed by atoms with Crippen LogP contribution < -0.4 is 20.7 Å². The molecule has 1 fully saturated rings. The van der Waals surface area contributed by atoms with E-state index in [1.165, 1.54) is 0 Å². The second-order valence-corrected chi connectivity index (χ2v) is 12.6. The Hall–Kier alpha value is -5.26. The molecule has 2 aromatic heterocycles. The Morgan fingerprint density at radius 3 is 2.38 bits per heavy atom. The van der Waals surface area contributed by atoms with Crippen molar-refractivity contribution in [2.45, 2.75) is 33.1 Å². The summed E-state index contributed by atoms with van der Waals surface area (Å²) in [5.41, 5.74) is 3.26. The number of aromatic nitrogens is 3. The van der Waals surface area contributed by atoms with E-state index in [0.717, 1.165) is 40.8 Å². The van der Waals surface area contributed by atoms with Crippen molar-refractivity contribution in [1.82, 2.24) is 19.7 Å². The molecule has 3 amide bonds. The zero-order valence-corrected chi connectivity index (χ0v) is 27.0. The van der Waals surface area contributed by atoms with Gasteiger partial charge in [-0.05, 0) is 37.3 Å². The van der Waals surface area contributed by atoms with Crippen LogP contribution in [0, 0.1) is 6.92 Å². The van der Waals surface area contributed by atoms with Gasteiger partial charge >= 0.3 is 6.03 Å². The first-order valence-corrected chi connectivity index (χ1v) is 15.6. The SMILES string of the molecule is Cc1ccc(-n2nc(C(C)(C)C)cc2NC(=O)Nc2ccc(Oc3ccnc(NC(=O)CN4CCOCC4)c3)c3ccccc23)cc1. The molecular weight excluding hydrogens is 594 g/mol. The van der Waals surface area contributed by atoms with Crippen LogP contribution in [0.2, 0.25) is 0 Å². The Morgan fingerprint density at radius 2 is 1.64 bits per heavy atom. The van der Waals surface area contributed by atoms with Crippen molar-refractivity contribution in [2.75, 3.05) is 48.8 Å². The van der Waals surface area contributed by atoms with Crippen molar-refractivity contribution >= 4 is 40.0 Å². The van der Waals surface area contributed by atoms with Gasteiger partial charge in [-0.1, -0.05) is 62.7 Å². The lowest BCUT2D eigenvalue weighted by Gasteiger charge is -2.25. The summed E-state index contributed by atoms with van der Waals surface area (Å²) in [4.78, 5) is 32.3. The lowest BCUT2D eigenvalue weighted by atomic mass is 9.92. The summed E-state index contributed by atoms with van der Waals surface area (Å²) < 4.78 is 13.4. The molecule has 3 heterocycles. The molecule has 0 atom stereocenters. The highest BCUT2D eigenvalue weighted by molar-refractivity contribution is 6.07. The minimum absolute atomic E-state index is 0.146. The van der Waals surface area contributed by atoms with Gasteiger partial charge in [0.25, 0.3) is 0 Å². The standard InChI is InChI=1S/C36H39N7O4/c1-24-9-11-25(12-10-24)43-33(22-31(41-43)36(2,3)4)40-35(45)38-29-13-14-30(28-8-6-5-7-27(28)29)47-26-15-16-37-32(21-26)39-34(44)23-42-17-19-46-20-18-42/h5-16,21-22H,17-20,23H2,1-4H3,(H,37,39,44)(H2,38,40,45). The van der Waals surface area contributed by atoms with Crippen molar-refractivity contribution in [1.29, 1.82) is 0 Å². The van der Waals surface area contributed by atoms with Crippen LogP contribution in [0.1, 0.15) is 32.0 Å². The van der Waals surface area contributed by atoms with Crippen molar-refractivity contribution in [3.8, 4) is 17.2 Å². The number of ether oxygens (including phenoxy) is 2. The highest BCUT2D eigenvalue weighted by Crippen LogP contribution is 2.35. The van der Waals surface area contributed by atoms with E-state index in [1.54, 1.807) is 29.1 Å². The van der Waals surface area contributed by atoms with Gasteiger partial charge in [-0.3, -0.25) is 15.0 Å². The van der Waals surface area contributed by atoms with Crippen molar-refractivity contribution in [3.05, 3.63) is 96.3 Å². The maximum atomic E-state index is 13.4. The molecule has 47 heavy (non-hydrogen) atoms. The largest absolute Gasteiger partial charge is 0.457 e. The molecule has 1 aliphatic rings. The number of pyridine rings is 1. The van der Waals surface area contributed by atoms with Crippen LogP contribution in [-0.4, -0.2) is 64.5 Å². The number of hydrogen-bond acceptors (Lipinski definition) is 7. The van der Waals surface area contributed by atoms with Crippen LogP contribution in [0.3, 0.4) is 0 Å². The average molecular weight is 634 g/mol. The number of fused-ring (bicyclic) bond motifs is 1. The van der Waals surface area contributed by atoms with E-state index in [2.05, 4.69) is 41.7 Å². The Kier molecular flexibility index (Phi) is 9.19. The summed E-state index contributed by atoms with van der Waals surface area (Å²) in [6.07, 6.45) is 1.59. The minimum Gasteiger partial charge on any atom is -0.457 e. The van der Waals surface area contributed by atoms with Crippen LogP contribution in [0.15, 0.2) is 85.1 Å². The van der Waals surface area contributed by atoms with Gasteiger partial charge in [-0.25, -0.2) is 14.5 Å². The molecule has 11 nitrogen and oxygen atoms in total. The zero-order chi connectivity index (χ0) is 33.0. The molecule has 242 valence electrons. The van der Waals surface area contributed by atoms with Crippen molar-refractivity contribution in [3.63, 3.8) is 0 Å². The normalized spacial score (nSPS) is 13.7. The molecular formula is C36H39N7O4. The van der Waals surface area contributed by atoms with Crippen LogP contribution in [0.4, 0.5) is 22.1 Å². The van der Waals surface area contributed by atoms with Crippen LogP contribution in [-0.2, 0) is 14.9 Å². The third-order valence-electron chi connectivity index (χ3n) is 7.83. The van der Waals surface area contributed by atoms with Crippen LogP contribution >= 0.6 is 0 Å². The lowest BCUT2D eigenvalue weighted by Crippen LogP contribution is -2.41. The monoisotopic (exact) mass is 633 g/mol. The second-order valence-electron chi connectivity index (χ2n) is 12.6. The molecule has 0 unspecified atom stereocenters. The van der Waals surface area contributed by atoms with Gasteiger partial charge < -0.3 is 20.1 Å². The van der Waals surface area contributed by atoms with E-state index >= 15 is 0 Å². The zero-order valence-electron chi connectivity index (χ0n) is 27.0.